The molecule has 9 heteroatoms. The first-order chi connectivity index (χ1) is 11.1. The van der Waals surface area contributed by atoms with Crippen molar-refractivity contribution >= 4 is 33.1 Å². The number of benzene rings is 1. The Hall–Kier alpha value is -2.81. The first-order valence-electron chi connectivity index (χ1n) is 6.89. The number of carbonyl (C=O) groups is 1. The Balaban J connectivity index is 1.82. The number of rotatable bonds is 4. The van der Waals surface area contributed by atoms with Crippen molar-refractivity contribution in [2.75, 3.05) is 5.73 Å². The van der Waals surface area contributed by atoms with Gasteiger partial charge in [-0.25, -0.2) is 5.10 Å². The topological polar surface area (TPSA) is 127 Å². The molecule has 2 heterocycles. The number of anilines is 1. The van der Waals surface area contributed by atoms with Gasteiger partial charge in [0.2, 0.25) is 11.0 Å². The molecular formula is C14H14N6O2S. The van der Waals surface area contributed by atoms with Crippen molar-refractivity contribution in [2.24, 2.45) is 0 Å². The molecule has 0 saturated heterocycles. The second-order valence-electron chi connectivity index (χ2n) is 4.96. The van der Waals surface area contributed by atoms with E-state index in [0.29, 0.717) is 26.6 Å². The number of amides is 1. The van der Waals surface area contributed by atoms with E-state index in [1.165, 1.54) is 11.3 Å². The molecule has 4 N–H and O–H groups in total. The average molecular weight is 330 g/mol. The largest absolute Gasteiger partial charge is 0.374 e. The van der Waals surface area contributed by atoms with Crippen LogP contribution in [0.4, 0.5) is 5.13 Å². The minimum atomic E-state index is -0.526. The van der Waals surface area contributed by atoms with Crippen LogP contribution in [0.3, 0.4) is 0 Å². The summed E-state index contributed by atoms with van der Waals surface area (Å²) in [5.41, 5.74) is 5.75. The molecule has 118 valence electrons. The number of fused-ring (bicyclic) bond motifs is 1. The van der Waals surface area contributed by atoms with Crippen molar-refractivity contribution < 1.29 is 4.79 Å². The van der Waals surface area contributed by atoms with Crippen LogP contribution in [-0.2, 0) is 11.3 Å². The standard InChI is InChI=1S/C14H14N6O2S/c1-7(12(21)16-6-10-17-20-14(15)23-10)11-8-4-2-3-5-9(8)13(22)19-18-11/h2-5,7H,6H2,1H3,(H2,15,20)(H,16,21)(H,19,22)/t7-/m0/s1. The second-order valence-corrected chi connectivity index (χ2v) is 6.05. The second kappa shape index (κ2) is 6.13. The smallest absolute Gasteiger partial charge is 0.272 e. The molecule has 23 heavy (non-hydrogen) atoms. The number of aromatic nitrogens is 4. The Labute approximate surface area is 134 Å². The van der Waals surface area contributed by atoms with Crippen LogP contribution in [0.15, 0.2) is 29.1 Å². The van der Waals surface area contributed by atoms with Gasteiger partial charge in [0.05, 0.1) is 23.5 Å². The predicted molar refractivity (Wildman–Crippen MR) is 86.9 cm³/mol. The van der Waals surface area contributed by atoms with E-state index < -0.39 is 5.92 Å². The Kier molecular flexibility index (Phi) is 4.02. The summed E-state index contributed by atoms with van der Waals surface area (Å²) in [7, 11) is 0. The number of nitrogens with zero attached hydrogens (tertiary/aromatic N) is 3. The normalized spacial score (nSPS) is 12.2. The van der Waals surface area contributed by atoms with E-state index in [2.05, 4.69) is 25.7 Å². The fourth-order valence-electron chi connectivity index (χ4n) is 2.24. The van der Waals surface area contributed by atoms with Crippen molar-refractivity contribution in [3.05, 3.63) is 45.3 Å². The van der Waals surface area contributed by atoms with E-state index in [9.17, 15) is 9.59 Å². The number of carbonyl (C=O) groups excluding carboxylic acids is 1. The maximum absolute atomic E-state index is 12.3. The lowest BCUT2D eigenvalue weighted by atomic mass is 10.0. The van der Waals surface area contributed by atoms with E-state index in [1.807, 2.05) is 6.07 Å². The molecule has 1 amide bonds. The van der Waals surface area contributed by atoms with Gasteiger partial charge in [-0.05, 0) is 13.0 Å². The van der Waals surface area contributed by atoms with Gasteiger partial charge < -0.3 is 11.1 Å². The number of hydrogen-bond donors (Lipinski definition) is 3. The zero-order valence-electron chi connectivity index (χ0n) is 12.2. The Morgan fingerprint density at radius 3 is 2.78 bits per heavy atom. The highest BCUT2D eigenvalue weighted by Gasteiger charge is 2.20. The number of nitrogens with two attached hydrogens (primary N) is 1. The summed E-state index contributed by atoms with van der Waals surface area (Å²) in [6.45, 7) is 1.98. The first kappa shape index (κ1) is 15.1. The third-order valence-corrected chi connectivity index (χ3v) is 4.18. The van der Waals surface area contributed by atoms with Gasteiger partial charge in [0.25, 0.3) is 5.56 Å². The molecule has 8 nitrogen and oxygen atoms in total. The van der Waals surface area contributed by atoms with Crippen LogP contribution in [0.1, 0.15) is 23.5 Å². The van der Waals surface area contributed by atoms with Gasteiger partial charge in [-0.3, -0.25) is 9.59 Å². The first-order valence-corrected chi connectivity index (χ1v) is 7.71. The molecule has 3 rings (SSSR count). The van der Waals surface area contributed by atoms with Crippen molar-refractivity contribution in [3.63, 3.8) is 0 Å². The van der Waals surface area contributed by atoms with Crippen LogP contribution in [0.2, 0.25) is 0 Å². The highest BCUT2D eigenvalue weighted by atomic mass is 32.1. The van der Waals surface area contributed by atoms with E-state index in [-0.39, 0.29) is 18.0 Å². The van der Waals surface area contributed by atoms with Gasteiger partial charge in [-0.15, -0.1) is 10.2 Å². The maximum atomic E-state index is 12.3. The van der Waals surface area contributed by atoms with Gasteiger partial charge in [-0.2, -0.15) is 5.10 Å². The maximum Gasteiger partial charge on any atom is 0.272 e. The van der Waals surface area contributed by atoms with Gasteiger partial charge >= 0.3 is 0 Å². The number of hydrogen-bond acceptors (Lipinski definition) is 7. The minimum Gasteiger partial charge on any atom is -0.374 e. The number of nitrogens with one attached hydrogen (secondary N) is 2. The SMILES string of the molecule is C[C@H](C(=O)NCc1nnc(N)s1)c1n[nH]c(=O)c2ccccc12. The molecule has 1 aromatic carbocycles. The molecule has 0 aliphatic heterocycles. The van der Waals surface area contributed by atoms with Crippen LogP contribution in [-0.4, -0.2) is 26.3 Å². The van der Waals surface area contributed by atoms with E-state index in [1.54, 1.807) is 25.1 Å². The zero-order chi connectivity index (χ0) is 16.4. The monoisotopic (exact) mass is 330 g/mol. The molecule has 1 atom stereocenters. The molecule has 3 aromatic rings. The van der Waals surface area contributed by atoms with Gasteiger partial charge in [0, 0.05) is 5.39 Å². The molecule has 2 aromatic heterocycles. The van der Waals surface area contributed by atoms with Crippen molar-refractivity contribution in [1.82, 2.24) is 25.7 Å². The molecule has 0 radical (unpaired) electrons. The fraction of sp³-hybridized carbons (Fsp3) is 0.214. The van der Waals surface area contributed by atoms with E-state index in [4.69, 9.17) is 5.73 Å². The Bertz CT molecular complexity index is 919. The molecule has 0 saturated carbocycles. The highest BCUT2D eigenvalue weighted by Crippen LogP contribution is 2.21. The zero-order valence-corrected chi connectivity index (χ0v) is 13.1. The lowest BCUT2D eigenvalue weighted by Crippen LogP contribution is -2.29. The Morgan fingerprint density at radius 2 is 2.09 bits per heavy atom. The summed E-state index contributed by atoms with van der Waals surface area (Å²) >= 11 is 1.22. The lowest BCUT2D eigenvalue weighted by Gasteiger charge is -2.12. The summed E-state index contributed by atoms with van der Waals surface area (Å²) < 4.78 is 0. The Morgan fingerprint density at radius 1 is 1.35 bits per heavy atom. The number of nitrogen functional groups attached to an aromatic ring is 1. The molecule has 0 spiro atoms. The van der Waals surface area contributed by atoms with Gasteiger partial charge in [0.1, 0.15) is 5.01 Å². The van der Waals surface area contributed by atoms with Gasteiger partial charge in [-0.1, -0.05) is 29.5 Å². The molecule has 0 aliphatic rings. The summed E-state index contributed by atoms with van der Waals surface area (Å²) in [6, 6.07) is 7.06. The summed E-state index contributed by atoms with van der Waals surface area (Å²) in [5, 5.41) is 18.9. The van der Waals surface area contributed by atoms with Crippen LogP contribution in [0.25, 0.3) is 10.8 Å². The third kappa shape index (κ3) is 3.04. The molecule has 0 unspecified atom stereocenters. The molecular weight excluding hydrogens is 316 g/mol. The lowest BCUT2D eigenvalue weighted by molar-refractivity contribution is -0.122. The molecule has 0 fully saturated rings. The summed E-state index contributed by atoms with van der Waals surface area (Å²) in [6.07, 6.45) is 0. The van der Waals surface area contributed by atoms with E-state index >= 15 is 0 Å². The summed E-state index contributed by atoms with van der Waals surface area (Å²) in [5.74, 6) is -0.745. The van der Waals surface area contributed by atoms with Crippen LogP contribution < -0.4 is 16.6 Å². The predicted octanol–water partition coefficient (Wildman–Crippen LogP) is 0.777. The fourth-order valence-corrected chi connectivity index (χ4v) is 2.79. The average Bonchev–Trinajstić information content (AvgIpc) is 2.98. The number of aromatic amines is 1. The molecule has 0 aliphatic carbocycles. The minimum absolute atomic E-state index is 0.219. The van der Waals surface area contributed by atoms with Crippen molar-refractivity contribution in [2.45, 2.75) is 19.4 Å². The van der Waals surface area contributed by atoms with Crippen LogP contribution >= 0.6 is 11.3 Å². The van der Waals surface area contributed by atoms with Crippen molar-refractivity contribution in [1.29, 1.82) is 0 Å². The summed E-state index contributed by atoms with van der Waals surface area (Å²) in [4.78, 5) is 24.1. The van der Waals surface area contributed by atoms with Crippen LogP contribution in [0, 0.1) is 0 Å². The highest BCUT2D eigenvalue weighted by molar-refractivity contribution is 7.15. The third-order valence-electron chi connectivity index (χ3n) is 3.43. The van der Waals surface area contributed by atoms with E-state index in [0.717, 1.165) is 0 Å². The van der Waals surface area contributed by atoms with Crippen LogP contribution in [0.5, 0.6) is 0 Å². The number of H-pyrrole nitrogens is 1. The molecule has 0 bridgehead atoms. The van der Waals surface area contributed by atoms with Crippen molar-refractivity contribution in [3.8, 4) is 0 Å². The quantitative estimate of drug-likeness (QED) is 0.649. The van der Waals surface area contributed by atoms with Gasteiger partial charge in [0.15, 0.2) is 0 Å².